The van der Waals surface area contributed by atoms with E-state index in [9.17, 15) is 4.79 Å². The number of Topliss-reactive ketones (excluding diaryl/α,β-unsaturated/α-hetero) is 1. The molecule has 2 nitrogen and oxygen atoms in total. The van der Waals surface area contributed by atoms with Gasteiger partial charge in [0.25, 0.3) is 0 Å². The fourth-order valence-corrected chi connectivity index (χ4v) is 10.6. The molecule has 5 bridgehead atoms. The van der Waals surface area contributed by atoms with Crippen LogP contribution in [-0.2, 0) is 9.53 Å². The zero-order chi connectivity index (χ0) is 18.8. The second-order valence-corrected chi connectivity index (χ2v) is 11.9. The van der Waals surface area contributed by atoms with Gasteiger partial charge in [-0.15, -0.1) is 11.3 Å². The van der Waals surface area contributed by atoms with Gasteiger partial charge < -0.3 is 4.74 Å². The van der Waals surface area contributed by atoms with E-state index in [-0.39, 0.29) is 23.4 Å². The lowest BCUT2D eigenvalue weighted by Crippen LogP contribution is -2.48. The number of rotatable bonds is 2. The van der Waals surface area contributed by atoms with E-state index in [0.29, 0.717) is 34.3 Å². The number of ether oxygens (including phenoxy) is 1. The molecule has 144 valence electrons. The van der Waals surface area contributed by atoms with Crippen molar-refractivity contribution in [3.05, 3.63) is 51.4 Å². The van der Waals surface area contributed by atoms with Crippen LogP contribution in [0.4, 0.5) is 0 Å². The van der Waals surface area contributed by atoms with E-state index in [0.717, 1.165) is 11.8 Å². The third kappa shape index (κ3) is 1.76. The second kappa shape index (κ2) is 5.53. The number of fused-ring (bicyclic) bond motifs is 5. The molecule has 1 aliphatic heterocycles. The van der Waals surface area contributed by atoms with E-state index in [1.807, 2.05) is 0 Å². The first kappa shape index (κ1) is 17.1. The maximum atomic E-state index is 13.7. The first-order chi connectivity index (χ1) is 13.6. The van der Waals surface area contributed by atoms with E-state index in [1.165, 1.54) is 28.2 Å². The van der Waals surface area contributed by atoms with E-state index in [1.54, 1.807) is 11.3 Å². The van der Waals surface area contributed by atoms with Crippen molar-refractivity contribution in [3.8, 4) is 0 Å². The number of ketones is 1. The maximum absolute atomic E-state index is 13.7. The molecule has 0 radical (unpaired) electrons. The number of thiophene rings is 1. The second-order valence-electron chi connectivity index (χ2n) is 9.32. The summed E-state index contributed by atoms with van der Waals surface area (Å²) in [6, 6.07) is 4.27. The van der Waals surface area contributed by atoms with Crippen LogP contribution in [0.5, 0.6) is 0 Å². The fraction of sp³-hybridized carbons (Fsp3) is 0.522. The summed E-state index contributed by atoms with van der Waals surface area (Å²) in [5.41, 5.74) is 2.51. The summed E-state index contributed by atoms with van der Waals surface area (Å²) in [6.45, 7) is 0. The molecule has 1 aromatic rings. The Morgan fingerprint density at radius 2 is 2.29 bits per heavy atom. The Balaban J connectivity index is 1.34. The molecule has 7 rings (SSSR count). The van der Waals surface area contributed by atoms with Crippen LogP contribution in [0, 0.1) is 40.9 Å². The number of hydrogen-bond acceptors (Lipinski definition) is 3. The summed E-state index contributed by atoms with van der Waals surface area (Å²) < 4.78 is 6.76. The van der Waals surface area contributed by atoms with E-state index < -0.39 is 0 Å². The van der Waals surface area contributed by atoms with Crippen LogP contribution in [0.2, 0.25) is 0 Å². The van der Waals surface area contributed by atoms with Crippen LogP contribution in [0.25, 0.3) is 6.08 Å². The van der Waals surface area contributed by atoms with Gasteiger partial charge in [-0.2, -0.15) is 0 Å². The lowest BCUT2D eigenvalue weighted by Gasteiger charge is -2.45. The van der Waals surface area contributed by atoms with Crippen LogP contribution >= 0.6 is 43.2 Å². The Bertz CT molecular complexity index is 992. The molecule has 5 heteroatoms. The van der Waals surface area contributed by atoms with Crippen molar-refractivity contribution in [2.45, 2.75) is 23.8 Å². The highest BCUT2D eigenvalue weighted by Gasteiger charge is 2.79. The van der Waals surface area contributed by atoms with Gasteiger partial charge in [-0.25, -0.2) is 0 Å². The van der Waals surface area contributed by atoms with Crippen molar-refractivity contribution < 1.29 is 9.53 Å². The van der Waals surface area contributed by atoms with Crippen molar-refractivity contribution in [1.29, 1.82) is 0 Å². The molecule has 9 atom stereocenters. The lowest BCUT2D eigenvalue weighted by atomic mass is 9.64. The van der Waals surface area contributed by atoms with Crippen LogP contribution in [0.15, 0.2) is 46.6 Å². The molecule has 3 saturated carbocycles. The van der Waals surface area contributed by atoms with Crippen molar-refractivity contribution in [2.24, 2.45) is 40.9 Å². The average Bonchev–Trinajstić information content (AvgIpc) is 3.46. The first-order valence-corrected chi connectivity index (χ1v) is 13.1. The average molecular weight is 520 g/mol. The molecule has 3 fully saturated rings. The highest BCUT2D eigenvalue weighted by Crippen LogP contribution is 2.77. The Hall–Kier alpha value is -0.650. The number of alkyl halides is 2. The van der Waals surface area contributed by atoms with Crippen LogP contribution < -0.4 is 0 Å². The maximum Gasteiger partial charge on any atom is 0.148 e. The smallest absolute Gasteiger partial charge is 0.148 e. The van der Waals surface area contributed by atoms with Crippen LogP contribution in [0.1, 0.15) is 17.7 Å². The van der Waals surface area contributed by atoms with Crippen molar-refractivity contribution in [3.63, 3.8) is 0 Å². The molecular weight excluding hydrogens is 500 g/mol. The standard InChI is InChI=1S/C23H20Br2O2S/c24-9-23-15-8-14-19(23)21-13(17(22(23)26)18(15)20(14)25)7-12-10(3-4-16(12)27-21)6-11-2-1-5-28-11/h1-6,12,14-20H,7-9H2/b10-6-. The Morgan fingerprint density at radius 3 is 3.07 bits per heavy atom. The molecule has 6 aliphatic rings. The van der Waals surface area contributed by atoms with Gasteiger partial charge in [-0.3, -0.25) is 4.79 Å². The molecule has 0 aromatic carbocycles. The first-order valence-electron chi connectivity index (χ1n) is 10.2. The molecule has 9 unspecified atom stereocenters. The van der Waals surface area contributed by atoms with Gasteiger partial charge in [0.2, 0.25) is 0 Å². The van der Waals surface area contributed by atoms with Crippen molar-refractivity contribution in [1.82, 2.24) is 0 Å². The van der Waals surface area contributed by atoms with Gasteiger partial charge in [-0.05, 0) is 65.3 Å². The molecule has 28 heavy (non-hydrogen) atoms. The molecule has 0 N–H and O–H groups in total. The summed E-state index contributed by atoms with van der Waals surface area (Å²) in [5.74, 6) is 3.99. The van der Waals surface area contributed by atoms with Gasteiger partial charge in [0, 0.05) is 32.8 Å². The predicted molar refractivity (Wildman–Crippen MR) is 117 cm³/mol. The monoisotopic (exact) mass is 518 g/mol. The van der Waals surface area contributed by atoms with Crippen LogP contribution in [-0.4, -0.2) is 22.0 Å². The summed E-state index contributed by atoms with van der Waals surface area (Å²) in [4.78, 5) is 15.5. The lowest BCUT2D eigenvalue weighted by molar-refractivity contribution is -0.132. The SMILES string of the molecule is O=C1C2C3=C(OC4C=C/C(=C/c5cccs5)C4C3)C3C4CC(C2C4Br)C13CBr. The summed E-state index contributed by atoms with van der Waals surface area (Å²) in [7, 11) is 0. The quantitative estimate of drug-likeness (QED) is 0.475. The van der Waals surface area contributed by atoms with E-state index >= 15 is 0 Å². The van der Waals surface area contributed by atoms with Crippen molar-refractivity contribution in [2.75, 3.05) is 5.33 Å². The highest BCUT2D eigenvalue weighted by atomic mass is 79.9. The normalized spacial score (nSPS) is 50.6. The predicted octanol–water partition coefficient (Wildman–Crippen LogP) is 5.60. The Labute approximate surface area is 185 Å². The molecule has 1 aromatic heterocycles. The number of allylic oxidation sites excluding steroid dienone is 3. The third-order valence-corrected chi connectivity index (χ3v) is 11.6. The molecule has 5 aliphatic carbocycles. The van der Waals surface area contributed by atoms with Gasteiger partial charge in [0.15, 0.2) is 0 Å². The zero-order valence-electron chi connectivity index (χ0n) is 15.2. The number of hydrogen-bond donors (Lipinski definition) is 0. The summed E-state index contributed by atoms with van der Waals surface area (Å²) >= 11 is 9.56. The minimum atomic E-state index is -0.200. The number of carbonyl (C=O) groups is 1. The number of carbonyl (C=O) groups excluding carboxylic acids is 1. The third-order valence-electron chi connectivity index (χ3n) is 8.59. The van der Waals surface area contributed by atoms with Gasteiger partial charge >= 0.3 is 0 Å². The highest BCUT2D eigenvalue weighted by molar-refractivity contribution is 9.09. The molecular formula is C23H20Br2O2S. The molecule has 0 amide bonds. The minimum absolute atomic E-state index is 0.0789. The van der Waals surface area contributed by atoms with Gasteiger partial charge in [0.05, 0.1) is 5.41 Å². The number of halogens is 2. The summed E-state index contributed by atoms with van der Waals surface area (Å²) in [6.07, 6.45) is 9.12. The molecule has 0 spiro atoms. The van der Waals surface area contributed by atoms with E-state index in [2.05, 4.69) is 67.6 Å². The van der Waals surface area contributed by atoms with Crippen LogP contribution in [0.3, 0.4) is 0 Å². The van der Waals surface area contributed by atoms with E-state index in [4.69, 9.17) is 4.74 Å². The fourth-order valence-electron chi connectivity index (χ4n) is 7.67. The molecule has 2 heterocycles. The largest absolute Gasteiger partial charge is 0.490 e. The topological polar surface area (TPSA) is 26.3 Å². The zero-order valence-corrected chi connectivity index (χ0v) is 19.2. The molecule has 0 saturated heterocycles. The summed E-state index contributed by atoms with van der Waals surface area (Å²) in [5, 5.41) is 2.92. The Morgan fingerprint density at radius 1 is 1.39 bits per heavy atom. The van der Waals surface area contributed by atoms with Gasteiger partial charge in [-0.1, -0.05) is 44.0 Å². The van der Waals surface area contributed by atoms with Crippen molar-refractivity contribution >= 4 is 55.1 Å². The Kier molecular flexibility index (Phi) is 3.37. The van der Waals surface area contributed by atoms with Gasteiger partial charge in [0.1, 0.15) is 17.6 Å². The minimum Gasteiger partial charge on any atom is -0.490 e.